The molecule has 0 spiro atoms. The van der Waals surface area contributed by atoms with Gasteiger partial charge in [0.05, 0.1) is 21.0 Å². The number of halogens is 1. The Labute approximate surface area is 80.9 Å². The fraction of sp³-hybridized carbons (Fsp3) is 0.125. The highest BCUT2D eigenvalue weighted by Crippen LogP contribution is 2.24. The van der Waals surface area contributed by atoms with E-state index in [2.05, 4.69) is 4.98 Å². The van der Waals surface area contributed by atoms with Crippen molar-refractivity contribution < 1.29 is 8.60 Å². The van der Waals surface area contributed by atoms with Gasteiger partial charge >= 0.3 is 0 Å². The molecule has 5 heteroatoms. The van der Waals surface area contributed by atoms with Gasteiger partial charge in [-0.25, -0.2) is 9.37 Å². The first-order valence-electron chi connectivity index (χ1n) is 3.56. The lowest BCUT2D eigenvalue weighted by molar-refractivity contribution is 0.629. The molecular formula is C8H6FNOS2. The largest absolute Gasteiger partial charge is 0.252 e. The lowest BCUT2D eigenvalue weighted by Gasteiger charge is -1.85. The summed E-state index contributed by atoms with van der Waals surface area (Å²) in [5.41, 5.74) is 0.579. The summed E-state index contributed by atoms with van der Waals surface area (Å²) in [5.74, 6) is -0.314. The van der Waals surface area contributed by atoms with E-state index in [1.165, 1.54) is 23.5 Å². The summed E-state index contributed by atoms with van der Waals surface area (Å²) in [4.78, 5) is 4.05. The molecule has 2 rings (SSSR count). The Morgan fingerprint density at radius 1 is 1.54 bits per heavy atom. The van der Waals surface area contributed by atoms with Crippen LogP contribution in [0, 0.1) is 5.82 Å². The van der Waals surface area contributed by atoms with Crippen LogP contribution >= 0.6 is 11.3 Å². The molecule has 0 aliphatic carbocycles. The van der Waals surface area contributed by atoms with Crippen LogP contribution in [0.3, 0.4) is 0 Å². The third kappa shape index (κ3) is 1.62. The molecule has 2 aromatic rings. The molecule has 0 saturated heterocycles. The van der Waals surface area contributed by atoms with Gasteiger partial charge < -0.3 is 0 Å². The Morgan fingerprint density at radius 2 is 2.31 bits per heavy atom. The van der Waals surface area contributed by atoms with E-state index in [9.17, 15) is 8.60 Å². The highest BCUT2D eigenvalue weighted by molar-refractivity contribution is 7.86. The lowest BCUT2D eigenvalue weighted by Crippen LogP contribution is -1.83. The van der Waals surface area contributed by atoms with Gasteiger partial charge in [0.2, 0.25) is 0 Å². The van der Waals surface area contributed by atoms with Crippen LogP contribution in [0.25, 0.3) is 10.2 Å². The summed E-state index contributed by atoms with van der Waals surface area (Å²) in [6, 6.07) is 4.38. The third-order valence-corrected chi connectivity index (χ3v) is 3.94. The first kappa shape index (κ1) is 8.77. The molecular weight excluding hydrogens is 209 g/mol. The van der Waals surface area contributed by atoms with Crippen molar-refractivity contribution >= 4 is 32.4 Å². The van der Waals surface area contributed by atoms with E-state index in [0.29, 0.717) is 9.86 Å². The molecule has 0 aliphatic rings. The summed E-state index contributed by atoms with van der Waals surface area (Å²) in [6.45, 7) is 0. The number of aromatic nitrogens is 1. The molecule has 0 bridgehead atoms. The number of hydrogen-bond donors (Lipinski definition) is 0. The van der Waals surface area contributed by atoms with E-state index in [1.807, 2.05) is 0 Å². The van der Waals surface area contributed by atoms with Crippen molar-refractivity contribution in [3.8, 4) is 0 Å². The molecule has 0 aliphatic heterocycles. The van der Waals surface area contributed by atoms with Crippen LogP contribution in [0.2, 0.25) is 0 Å². The van der Waals surface area contributed by atoms with Gasteiger partial charge in [-0.15, -0.1) is 11.3 Å². The highest BCUT2D eigenvalue weighted by atomic mass is 32.2. The molecule has 1 heterocycles. The minimum atomic E-state index is -1.08. The summed E-state index contributed by atoms with van der Waals surface area (Å²) in [7, 11) is -1.08. The van der Waals surface area contributed by atoms with E-state index in [0.717, 1.165) is 4.70 Å². The molecule has 0 radical (unpaired) electrons. The number of fused-ring (bicyclic) bond motifs is 1. The smallest absolute Gasteiger partial charge is 0.181 e. The van der Waals surface area contributed by atoms with Crippen molar-refractivity contribution in [2.45, 2.75) is 4.34 Å². The van der Waals surface area contributed by atoms with Gasteiger partial charge in [0.1, 0.15) is 5.82 Å². The maximum atomic E-state index is 12.7. The van der Waals surface area contributed by atoms with Gasteiger partial charge in [0, 0.05) is 12.3 Å². The number of nitrogens with zero attached hydrogens (tertiary/aromatic N) is 1. The van der Waals surface area contributed by atoms with Crippen LogP contribution in [0.5, 0.6) is 0 Å². The van der Waals surface area contributed by atoms with Gasteiger partial charge in [-0.1, -0.05) is 0 Å². The average Bonchev–Trinajstić information content (AvgIpc) is 2.46. The highest BCUT2D eigenvalue weighted by Gasteiger charge is 2.06. The number of thiazole rings is 1. The van der Waals surface area contributed by atoms with Crippen molar-refractivity contribution in [2.24, 2.45) is 0 Å². The molecule has 1 atom stereocenters. The maximum Gasteiger partial charge on any atom is 0.181 e. The van der Waals surface area contributed by atoms with Crippen LogP contribution in [0.4, 0.5) is 4.39 Å². The third-order valence-electron chi connectivity index (χ3n) is 1.58. The molecule has 1 aromatic heterocycles. The maximum absolute atomic E-state index is 12.7. The van der Waals surface area contributed by atoms with E-state index in [-0.39, 0.29) is 5.82 Å². The second-order valence-corrected chi connectivity index (χ2v) is 5.13. The fourth-order valence-electron chi connectivity index (χ4n) is 1.00. The average molecular weight is 215 g/mol. The van der Waals surface area contributed by atoms with Crippen molar-refractivity contribution in [1.82, 2.24) is 4.98 Å². The molecule has 0 N–H and O–H groups in total. The molecule has 1 aromatic carbocycles. The normalized spacial score (nSPS) is 13.4. The predicted octanol–water partition coefficient (Wildman–Crippen LogP) is 2.17. The molecule has 0 saturated carbocycles. The first-order chi connectivity index (χ1) is 6.16. The summed E-state index contributed by atoms with van der Waals surface area (Å²) in [5, 5.41) is 0. The molecule has 1 unspecified atom stereocenters. The van der Waals surface area contributed by atoms with Gasteiger partial charge in [0.25, 0.3) is 0 Å². The Balaban J connectivity index is 2.68. The van der Waals surface area contributed by atoms with Crippen molar-refractivity contribution in [3.05, 3.63) is 24.0 Å². The van der Waals surface area contributed by atoms with Gasteiger partial charge in [-0.2, -0.15) is 0 Å². The van der Waals surface area contributed by atoms with E-state index < -0.39 is 10.8 Å². The Hall–Kier alpha value is -0.810. The lowest BCUT2D eigenvalue weighted by atomic mass is 10.3. The van der Waals surface area contributed by atoms with E-state index in [1.54, 1.807) is 12.3 Å². The molecule has 13 heavy (non-hydrogen) atoms. The first-order valence-corrected chi connectivity index (χ1v) is 5.94. The Bertz CT molecular complexity index is 480. The summed E-state index contributed by atoms with van der Waals surface area (Å²) >= 11 is 1.34. The zero-order chi connectivity index (χ0) is 9.42. The van der Waals surface area contributed by atoms with E-state index >= 15 is 0 Å². The SMILES string of the molecule is CS(=O)c1nc2cc(F)ccc2s1. The van der Waals surface area contributed by atoms with Crippen LogP contribution in [-0.2, 0) is 10.8 Å². The fourth-order valence-corrected chi connectivity index (χ4v) is 2.65. The molecule has 68 valence electrons. The standard InChI is InChI=1S/C8H6FNOS2/c1-13(11)8-10-6-4-5(9)2-3-7(6)12-8/h2-4H,1H3. The molecule has 2 nitrogen and oxygen atoms in total. The zero-order valence-electron chi connectivity index (χ0n) is 6.78. The van der Waals surface area contributed by atoms with E-state index in [4.69, 9.17) is 0 Å². The topological polar surface area (TPSA) is 30.0 Å². The van der Waals surface area contributed by atoms with Crippen molar-refractivity contribution in [3.63, 3.8) is 0 Å². The van der Waals surface area contributed by atoms with Gasteiger partial charge in [0.15, 0.2) is 4.34 Å². The van der Waals surface area contributed by atoms with Crippen LogP contribution in [-0.4, -0.2) is 15.4 Å². The van der Waals surface area contributed by atoms with Crippen LogP contribution < -0.4 is 0 Å². The number of hydrogen-bond acceptors (Lipinski definition) is 3. The van der Waals surface area contributed by atoms with Crippen LogP contribution in [0.1, 0.15) is 0 Å². The summed E-state index contributed by atoms with van der Waals surface area (Å²) < 4.78 is 25.2. The second-order valence-electron chi connectivity index (χ2n) is 2.55. The monoisotopic (exact) mass is 215 g/mol. The Morgan fingerprint density at radius 3 is 3.00 bits per heavy atom. The van der Waals surface area contributed by atoms with Crippen molar-refractivity contribution in [2.75, 3.05) is 6.26 Å². The number of rotatable bonds is 1. The quantitative estimate of drug-likeness (QED) is 0.729. The van der Waals surface area contributed by atoms with Gasteiger partial charge in [-0.05, 0) is 12.1 Å². The zero-order valence-corrected chi connectivity index (χ0v) is 8.41. The van der Waals surface area contributed by atoms with Crippen molar-refractivity contribution in [1.29, 1.82) is 0 Å². The summed E-state index contributed by atoms with van der Waals surface area (Å²) in [6.07, 6.45) is 1.56. The Kier molecular flexibility index (Phi) is 2.13. The minimum absolute atomic E-state index is 0.314. The minimum Gasteiger partial charge on any atom is -0.252 e. The van der Waals surface area contributed by atoms with Gasteiger partial charge in [-0.3, -0.25) is 4.21 Å². The predicted molar refractivity (Wildman–Crippen MR) is 51.9 cm³/mol. The van der Waals surface area contributed by atoms with Crippen LogP contribution in [0.15, 0.2) is 22.5 Å². The second kappa shape index (κ2) is 3.16. The molecule has 0 fully saturated rings. The molecule has 0 amide bonds. The number of benzene rings is 1.